The molecule has 0 spiro atoms. The zero-order chi connectivity index (χ0) is 11.0. The van der Waals surface area contributed by atoms with Crippen molar-refractivity contribution in [3.63, 3.8) is 0 Å². The summed E-state index contributed by atoms with van der Waals surface area (Å²) in [6, 6.07) is 11.5. The standard InChI is InChI=1S/C13H10O2S/c14-10-8-13(11-5-3-7-15-11)16-12-6-2-1-4-9(10)12/h1-7,13H,8H2. The van der Waals surface area contributed by atoms with Crippen molar-refractivity contribution in [3.8, 4) is 0 Å². The second-order valence-electron chi connectivity index (χ2n) is 3.75. The van der Waals surface area contributed by atoms with Crippen LogP contribution in [0.25, 0.3) is 0 Å². The molecule has 3 heteroatoms. The second kappa shape index (κ2) is 3.83. The van der Waals surface area contributed by atoms with Crippen molar-refractivity contribution in [1.29, 1.82) is 0 Å². The molecule has 1 aliphatic rings. The molecule has 0 N–H and O–H groups in total. The molecular formula is C13H10O2S. The molecular weight excluding hydrogens is 220 g/mol. The van der Waals surface area contributed by atoms with Crippen LogP contribution in [0.15, 0.2) is 52.0 Å². The van der Waals surface area contributed by atoms with Gasteiger partial charge in [0.15, 0.2) is 5.78 Å². The Kier molecular flexibility index (Phi) is 2.33. The summed E-state index contributed by atoms with van der Waals surface area (Å²) in [5.41, 5.74) is 0.843. The Labute approximate surface area is 97.7 Å². The molecule has 80 valence electrons. The molecule has 1 unspecified atom stereocenters. The van der Waals surface area contributed by atoms with Crippen molar-refractivity contribution in [1.82, 2.24) is 0 Å². The predicted octanol–water partition coefficient (Wildman–Crippen LogP) is 3.70. The maximum absolute atomic E-state index is 11.9. The quantitative estimate of drug-likeness (QED) is 0.748. The average Bonchev–Trinajstić information content (AvgIpc) is 2.82. The second-order valence-corrected chi connectivity index (χ2v) is 4.99. The lowest BCUT2D eigenvalue weighted by Crippen LogP contribution is -2.11. The molecule has 2 aromatic rings. The molecule has 2 nitrogen and oxygen atoms in total. The van der Waals surface area contributed by atoms with Gasteiger partial charge in [0.1, 0.15) is 5.76 Å². The van der Waals surface area contributed by atoms with Crippen molar-refractivity contribution < 1.29 is 9.21 Å². The fourth-order valence-corrected chi connectivity index (χ4v) is 3.16. The van der Waals surface area contributed by atoms with Crippen LogP contribution in [-0.4, -0.2) is 5.78 Å². The molecule has 1 aromatic heterocycles. The summed E-state index contributed by atoms with van der Waals surface area (Å²) < 4.78 is 5.36. The van der Waals surface area contributed by atoms with Crippen LogP contribution in [0.1, 0.15) is 27.8 Å². The molecule has 1 atom stereocenters. The summed E-state index contributed by atoms with van der Waals surface area (Å²) in [6.45, 7) is 0. The van der Waals surface area contributed by atoms with Gasteiger partial charge in [-0.3, -0.25) is 4.79 Å². The SMILES string of the molecule is O=C1CC(c2ccco2)Sc2ccccc21. The molecule has 2 heterocycles. The summed E-state index contributed by atoms with van der Waals surface area (Å²) in [6.07, 6.45) is 2.18. The number of thioether (sulfide) groups is 1. The summed E-state index contributed by atoms with van der Waals surface area (Å²) >= 11 is 1.70. The smallest absolute Gasteiger partial charge is 0.165 e. The lowest BCUT2D eigenvalue weighted by Gasteiger charge is -2.21. The summed E-state index contributed by atoms with van der Waals surface area (Å²) in [5.74, 6) is 1.09. The highest BCUT2D eigenvalue weighted by Gasteiger charge is 2.27. The molecule has 0 radical (unpaired) electrons. The van der Waals surface area contributed by atoms with Crippen LogP contribution in [0.3, 0.4) is 0 Å². The van der Waals surface area contributed by atoms with E-state index in [-0.39, 0.29) is 11.0 Å². The van der Waals surface area contributed by atoms with Crippen molar-refractivity contribution in [2.24, 2.45) is 0 Å². The maximum Gasteiger partial charge on any atom is 0.165 e. The summed E-state index contributed by atoms with van der Waals surface area (Å²) in [5, 5.41) is 0.123. The number of carbonyl (C=O) groups is 1. The molecule has 0 bridgehead atoms. The highest BCUT2D eigenvalue weighted by molar-refractivity contribution is 7.99. The van der Waals surface area contributed by atoms with Gasteiger partial charge >= 0.3 is 0 Å². The number of Topliss-reactive ketones (excluding diaryl/α,β-unsaturated/α-hetero) is 1. The van der Waals surface area contributed by atoms with Gasteiger partial charge < -0.3 is 4.42 Å². The molecule has 0 aliphatic carbocycles. The van der Waals surface area contributed by atoms with Gasteiger partial charge in [0.05, 0.1) is 11.5 Å². The summed E-state index contributed by atoms with van der Waals surface area (Å²) in [4.78, 5) is 13.0. The van der Waals surface area contributed by atoms with Crippen molar-refractivity contribution >= 4 is 17.5 Å². The normalized spacial score (nSPS) is 19.5. The lowest BCUT2D eigenvalue weighted by atomic mass is 10.0. The summed E-state index contributed by atoms with van der Waals surface area (Å²) in [7, 11) is 0. The van der Waals surface area contributed by atoms with Crippen LogP contribution in [-0.2, 0) is 0 Å². The van der Waals surface area contributed by atoms with Crippen LogP contribution in [0.5, 0.6) is 0 Å². The largest absolute Gasteiger partial charge is 0.468 e. The Bertz CT molecular complexity index is 516. The number of ketones is 1. The van der Waals surface area contributed by atoms with Crippen LogP contribution >= 0.6 is 11.8 Å². The van der Waals surface area contributed by atoms with E-state index in [9.17, 15) is 4.79 Å². The Morgan fingerprint density at radius 3 is 2.88 bits per heavy atom. The Hall–Kier alpha value is -1.48. The molecule has 0 amide bonds. The maximum atomic E-state index is 11.9. The van der Waals surface area contributed by atoms with E-state index in [1.54, 1.807) is 18.0 Å². The van der Waals surface area contributed by atoms with E-state index in [0.717, 1.165) is 16.2 Å². The first-order valence-corrected chi connectivity index (χ1v) is 6.05. The van der Waals surface area contributed by atoms with Gasteiger partial charge in [-0.15, -0.1) is 11.8 Å². The fourth-order valence-electron chi connectivity index (χ4n) is 1.91. The van der Waals surface area contributed by atoms with E-state index in [1.807, 2.05) is 36.4 Å². The van der Waals surface area contributed by atoms with Gasteiger partial charge in [-0.05, 0) is 18.2 Å². The molecule has 1 aliphatic heterocycles. The Balaban J connectivity index is 1.98. The van der Waals surface area contributed by atoms with Crippen LogP contribution in [0.2, 0.25) is 0 Å². The van der Waals surface area contributed by atoms with Gasteiger partial charge in [-0.1, -0.05) is 18.2 Å². The van der Waals surface area contributed by atoms with Crippen LogP contribution in [0.4, 0.5) is 0 Å². The van der Waals surface area contributed by atoms with Gasteiger partial charge in [-0.25, -0.2) is 0 Å². The zero-order valence-electron chi connectivity index (χ0n) is 8.55. The minimum atomic E-state index is 0.123. The van der Waals surface area contributed by atoms with E-state index < -0.39 is 0 Å². The first kappa shape index (κ1) is 9.73. The van der Waals surface area contributed by atoms with Gasteiger partial charge in [0.2, 0.25) is 0 Å². The number of hydrogen-bond donors (Lipinski definition) is 0. The third-order valence-corrected chi connectivity index (χ3v) is 3.98. The number of benzene rings is 1. The van der Waals surface area contributed by atoms with E-state index in [1.165, 1.54) is 0 Å². The molecule has 0 saturated heterocycles. The first-order chi connectivity index (χ1) is 7.84. The van der Waals surface area contributed by atoms with Crippen molar-refractivity contribution in [3.05, 3.63) is 54.0 Å². The minimum absolute atomic E-state index is 0.123. The van der Waals surface area contributed by atoms with Crippen LogP contribution < -0.4 is 0 Å². The van der Waals surface area contributed by atoms with Gasteiger partial charge in [-0.2, -0.15) is 0 Å². The lowest BCUT2D eigenvalue weighted by molar-refractivity contribution is 0.0974. The number of carbonyl (C=O) groups excluding carboxylic acids is 1. The highest BCUT2D eigenvalue weighted by atomic mass is 32.2. The first-order valence-electron chi connectivity index (χ1n) is 5.17. The van der Waals surface area contributed by atoms with Crippen molar-refractivity contribution in [2.45, 2.75) is 16.6 Å². The molecule has 0 saturated carbocycles. The number of hydrogen-bond acceptors (Lipinski definition) is 3. The topological polar surface area (TPSA) is 30.2 Å². The number of rotatable bonds is 1. The number of fused-ring (bicyclic) bond motifs is 1. The Morgan fingerprint density at radius 1 is 1.19 bits per heavy atom. The molecule has 3 rings (SSSR count). The van der Waals surface area contributed by atoms with Crippen LogP contribution in [0, 0.1) is 0 Å². The van der Waals surface area contributed by atoms with Gasteiger partial charge in [0.25, 0.3) is 0 Å². The zero-order valence-corrected chi connectivity index (χ0v) is 9.37. The molecule has 16 heavy (non-hydrogen) atoms. The van der Waals surface area contributed by atoms with E-state index >= 15 is 0 Å². The third-order valence-electron chi connectivity index (χ3n) is 2.69. The van der Waals surface area contributed by atoms with E-state index in [0.29, 0.717) is 6.42 Å². The van der Waals surface area contributed by atoms with Crippen molar-refractivity contribution in [2.75, 3.05) is 0 Å². The molecule has 0 fully saturated rings. The van der Waals surface area contributed by atoms with E-state index in [4.69, 9.17) is 4.42 Å². The Morgan fingerprint density at radius 2 is 2.06 bits per heavy atom. The minimum Gasteiger partial charge on any atom is -0.468 e. The van der Waals surface area contributed by atoms with E-state index in [2.05, 4.69) is 0 Å². The average molecular weight is 230 g/mol. The third kappa shape index (κ3) is 1.57. The predicted molar refractivity (Wildman–Crippen MR) is 62.7 cm³/mol. The highest BCUT2D eigenvalue weighted by Crippen LogP contribution is 2.44. The monoisotopic (exact) mass is 230 g/mol. The van der Waals surface area contributed by atoms with Gasteiger partial charge in [0, 0.05) is 16.9 Å². The molecule has 1 aromatic carbocycles. The fraction of sp³-hybridized carbons (Fsp3) is 0.154. The number of furan rings is 1.